The van der Waals surface area contributed by atoms with Gasteiger partial charge in [-0.05, 0) is 57.4 Å². The van der Waals surface area contributed by atoms with Gasteiger partial charge in [0.25, 0.3) is 0 Å². The standard InChI is InChI=1S/C16H24N2O2/c1-13(2)18-9-3-5-14(12-18)11-17-16(19)8-7-15-6-4-10-20-15/h4,6-8,10,13-14H,3,5,9,11-12H2,1-2H3,(H,17,19)/b8-7+/t14-/m0/s1. The van der Waals surface area contributed by atoms with E-state index < -0.39 is 0 Å². The summed E-state index contributed by atoms with van der Waals surface area (Å²) in [6.07, 6.45) is 7.24. The number of hydrogen-bond acceptors (Lipinski definition) is 3. The van der Waals surface area contributed by atoms with E-state index in [4.69, 9.17) is 4.42 Å². The Balaban J connectivity index is 1.73. The third kappa shape index (κ3) is 4.53. The fourth-order valence-electron chi connectivity index (χ4n) is 2.58. The van der Waals surface area contributed by atoms with Gasteiger partial charge in [-0.25, -0.2) is 0 Å². The number of furan rings is 1. The summed E-state index contributed by atoms with van der Waals surface area (Å²) in [5.41, 5.74) is 0. The number of nitrogens with one attached hydrogen (secondary N) is 1. The van der Waals surface area contributed by atoms with Crippen LogP contribution in [0.15, 0.2) is 28.9 Å². The summed E-state index contributed by atoms with van der Waals surface area (Å²) in [6, 6.07) is 4.22. The third-order valence-electron chi connectivity index (χ3n) is 3.79. The third-order valence-corrected chi connectivity index (χ3v) is 3.79. The van der Waals surface area contributed by atoms with E-state index in [-0.39, 0.29) is 5.91 Å². The average molecular weight is 276 g/mol. The van der Waals surface area contributed by atoms with Gasteiger partial charge in [0, 0.05) is 25.2 Å². The van der Waals surface area contributed by atoms with Crippen molar-refractivity contribution in [3.05, 3.63) is 30.2 Å². The molecule has 1 aromatic heterocycles. The number of nitrogens with zero attached hydrogens (tertiary/aromatic N) is 1. The van der Waals surface area contributed by atoms with Crippen molar-refractivity contribution in [2.24, 2.45) is 5.92 Å². The highest BCUT2D eigenvalue weighted by atomic mass is 16.3. The van der Waals surface area contributed by atoms with Crippen LogP contribution in [0.1, 0.15) is 32.4 Å². The molecule has 1 aliphatic heterocycles. The van der Waals surface area contributed by atoms with Crippen molar-refractivity contribution in [2.75, 3.05) is 19.6 Å². The van der Waals surface area contributed by atoms with E-state index >= 15 is 0 Å². The fourth-order valence-corrected chi connectivity index (χ4v) is 2.58. The zero-order valence-corrected chi connectivity index (χ0v) is 12.3. The van der Waals surface area contributed by atoms with Crippen molar-refractivity contribution in [3.63, 3.8) is 0 Å². The Labute approximate surface area is 120 Å². The predicted octanol–water partition coefficient (Wildman–Crippen LogP) is 2.53. The topological polar surface area (TPSA) is 45.5 Å². The predicted molar refractivity (Wildman–Crippen MR) is 80.2 cm³/mol. The molecule has 0 aromatic carbocycles. The molecule has 1 amide bonds. The molecule has 4 nitrogen and oxygen atoms in total. The van der Waals surface area contributed by atoms with E-state index in [2.05, 4.69) is 24.1 Å². The zero-order valence-electron chi connectivity index (χ0n) is 12.3. The van der Waals surface area contributed by atoms with Crippen molar-refractivity contribution < 1.29 is 9.21 Å². The number of hydrogen-bond donors (Lipinski definition) is 1. The summed E-state index contributed by atoms with van der Waals surface area (Å²) in [5.74, 6) is 1.21. The summed E-state index contributed by atoms with van der Waals surface area (Å²) in [7, 11) is 0. The van der Waals surface area contributed by atoms with Crippen LogP contribution in [0.3, 0.4) is 0 Å². The van der Waals surface area contributed by atoms with E-state index in [1.807, 2.05) is 6.07 Å². The number of carbonyl (C=O) groups excluding carboxylic acids is 1. The Morgan fingerprint density at radius 2 is 2.45 bits per heavy atom. The van der Waals surface area contributed by atoms with Crippen LogP contribution in [0, 0.1) is 5.92 Å². The molecule has 1 aromatic rings. The maximum absolute atomic E-state index is 11.7. The van der Waals surface area contributed by atoms with E-state index in [0.29, 0.717) is 17.7 Å². The Morgan fingerprint density at radius 1 is 1.60 bits per heavy atom. The van der Waals surface area contributed by atoms with Crippen molar-refractivity contribution in [3.8, 4) is 0 Å². The van der Waals surface area contributed by atoms with Gasteiger partial charge >= 0.3 is 0 Å². The first-order valence-corrected chi connectivity index (χ1v) is 7.38. The number of carbonyl (C=O) groups is 1. The molecule has 0 saturated carbocycles. The molecule has 1 fully saturated rings. The largest absolute Gasteiger partial charge is 0.465 e. The average Bonchev–Trinajstić information content (AvgIpc) is 2.96. The van der Waals surface area contributed by atoms with Crippen LogP contribution in [0.25, 0.3) is 6.08 Å². The number of likely N-dealkylation sites (tertiary alicyclic amines) is 1. The molecule has 110 valence electrons. The lowest BCUT2D eigenvalue weighted by Gasteiger charge is -2.35. The molecule has 0 spiro atoms. The summed E-state index contributed by atoms with van der Waals surface area (Å²) in [6.45, 7) is 7.48. The zero-order chi connectivity index (χ0) is 14.4. The SMILES string of the molecule is CC(C)N1CCC[C@@H](CNC(=O)/C=C/c2ccco2)C1. The second kappa shape index (κ2) is 7.29. The lowest BCUT2D eigenvalue weighted by molar-refractivity contribution is -0.116. The Bertz CT molecular complexity index is 437. The van der Waals surface area contributed by atoms with E-state index in [9.17, 15) is 4.79 Å². The van der Waals surface area contributed by atoms with E-state index in [1.54, 1.807) is 18.4 Å². The smallest absolute Gasteiger partial charge is 0.244 e. The molecule has 1 aliphatic rings. The molecule has 0 bridgehead atoms. The molecule has 0 unspecified atom stereocenters. The molecule has 2 rings (SSSR count). The molecular weight excluding hydrogens is 252 g/mol. The van der Waals surface area contributed by atoms with Crippen molar-refractivity contribution in [2.45, 2.75) is 32.7 Å². The first-order chi connectivity index (χ1) is 9.65. The highest BCUT2D eigenvalue weighted by Gasteiger charge is 2.21. The van der Waals surface area contributed by atoms with Crippen molar-refractivity contribution >= 4 is 12.0 Å². The highest BCUT2D eigenvalue weighted by Crippen LogP contribution is 2.17. The fraction of sp³-hybridized carbons (Fsp3) is 0.562. The first-order valence-electron chi connectivity index (χ1n) is 7.38. The van der Waals surface area contributed by atoms with Gasteiger partial charge in [0.1, 0.15) is 5.76 Å². The van der Waals surface area contributed by atoms with Crippen LogP contribution < -0.4 is 5.32 Å². The molecule has 2 heterocycles. The molecule has 0 aliphatic carbocycles. The minimum Gasteiger partial charge on any atom is -0.465 e. The second-order valence-corrected chi connectivity index (χ2v) is 5.69. The Morgan fingerprint density at radius 3 is 3.15 bits per heavy atom. The van der Waals surface area contributed by atoms with Gasteiger partial charge in [-0.15, -0.1) is 0 Å². The van der Waals surface area contributed by atoms with Crippen LogP contribution in [-0.2, 0) is 4.79 Å². The lowest BCUT2D eigenvalue weighted by Crippen LogP contribution is -2.43. The summed E-state index contributed by atoms with van der Waals surface area (Å²) >= 11 is 0. The van der Waals surface area contributed by atoms with Gasteiger partial charge in [-0.2, -0.15) is 0 Å². The minimum atomic E-state index is -0.0527. The quantitative estimate of drug-likeness (QED) is 0.841. The maximum atomic E-state index is 11.7. The molecule has 20 heavy (non-hydrogen) atoms. The molecule has 1 N–H and O–H groups in total. The van der Waals surface area contributed by atoms with Gasteiger partial charge in [0.15, 0.2) is 0 Å². The number of piperidine rings is 1. The van der Waals surface area contributed by atoms with E-state index in [1.165, 1.54) is 25.5 Å². The highest BCUT2D eigenvalue weighted by molar-refractivity contribution is 5.91. The van der Waals surface area contributed by atoms with Gasteiger partial charge in [0.2, 0.25) is 5.91 Å². The van der Waals surface area contributed by atoms with Gasteiger partial charge in [-0.1, -0.05) is 0 Å². The van der Waals surface area contributed by atoms with Crippen LogP contribution >= 0.6 is 0 Å². The van der Waals surface area contributed by atoms with E-state index in [0.717, 1.165) is 13.1 Å². The summed E-state index contributed by atoms with van der Waals surface area (Å²) < 4.78 is 5.15. The summed E-state index contributed by atoms with van der Waals surface area (Å²) in [4.78, 5) is 14.2. The number of rotatable bonds is 5. The molecular formula is C16H24N2O2. The Hall–Kier alpha value is -1.55. The summed E-state index contributed by atoms with van der Waals surface area (Å²) in [5, 5.41) is 2.98. The van der Waals surface area contributed by atoms with Crippen LogP contribution in [-0.4, -0.2) is 36.5 Å². The monoisotopic (exact) mass is 276 g/mol. The van der Waals surface area contributed by atoms with Gasteiger partial charge in [0.05, 0.1) is 6.26 Å². The van der Waals surface area contributed by atoms with Crippen LogP contribution in [0.4, 0.5) is 0 Å². The molecule has 1 atom stereocenters. The Kier molecular flexibility index (Phi) is 5.41. The van der Waals surface area contributed by atoms with Crippen LogP contribution in [0.2, 0.25) is 0 Å². The molecule has 4 heteroatoms. The van der Waals surface area contributed by atoms with Crippen LogP contribution in [0.5, 0.6) is 0 Å². The molecule has 0 radical (unpaired) electrons. The van der Waals surface area contributed by atoms with Gasteiger partial charge in [-0.3, -0.25) is 4.79 Å². The van der Waals surface area contributed by atoms with Crippen molar-refractivity contribution in [1.29, 1.82) is 0 Å². The number of amides is 1. The van der Waals surface area contributed by atoms with Crippen molar-refractivity contribution in [1.82, 2.24) is 10.2 Å². The normalized spacial score (nSPS) is 20.6. The van der Waals surface area contributed by atoms with Gasteiger partial charge < -0.3 is 14.6 Å². The molecule has 1 saturated heterocycles. The minimum absolute atomic E-state index is 0.0527. The lowest BCUT2D eigenvalue weighted by atomic mass is 9.97. The first kappa shape index (κ1) is 14.9. The second-order valence-electron chi connectivity index (χ2n) is 5.69. The maximum Gasteiger partial charge on any atom is 0.244 e.